The average molecular weight is 454 g/mol. The number of esters is 2. The van der Waals surface area contributed by atoms with Gasteiger partial charge in [-0.25, -0.2) is 14.0 Å². The fourth-order valence-electron chi connectivity index (χ4n) is 3.55. The molecule has 8 nitrogen and oxygen atoms in total. The summed E-state index contributed by atoms with van der Waals surface area (Å²) in [6.07, 6.45) is 3.07. The zero-order chi connectivity index (χ0) is 24.0. The number of nitro groups is 1. The van der Waals surface area contributed by atoms with Crippen LogP contribution in [0.3, 0.4) is 0 Å². The van der Waals surface area contributed by atoms with Crippen LogP contribution in [0.4, 0.5) is 10.1 Å². The molecule has 0 N–H and O–H groups in total. The topological polar surface area (TPSA) is 99.0 Å². The van der Waals surface area contributed by atoms with Gasteiger partial charge in [-0.15, -0.1) is 0 Å². The molecule has 0 radical (unpaired) electrons. The minimum atomic E-state index is -0.924. The van der Waals surface area contributed by atoms with E-state index in [1.165, 1.54) is 42.7 Å². The third-order valence-corrected chi connectivity index (χ3v) is 4.95. The van der Waals surface area contributed by atoms with Crippen molar-refractivity contribution < 1.29 is 28.4 Å². The van der Waals surface area contributed by atoms with Crippen LogP contribution in [-0.2, 0) is 25.6 Å². The summed E-state index contributed by atoms with van der Waals surface area (Å²) < 4.78 is 23.7. The first-order valence-corrected chi connectivity index (χ1v) is 10.4. The Morgan fingerprint density at radius 2 is 1.58 bits per heavy atom. The van der Waals surface area contributed by atoms with Crippen LogP contribution in [0.5, 0.6) is 0 Å². The highest BCUT2D eigenvalue weighted by Crippen LogP contribution is 2.38. The second kappa shape index (κ2) is 10.5. The molecule has 0 bridgehead atoms. The highest BCUT2D eigenvalue weighted by atomic mass is 19.1. The number of ether oxygens (including phenoxy) is 2. The Labute approximate surface area is 190 Å². The molecule has 0 unspecified atom stereocenters. The zero-order valence-corrected chi connectivity index (χ0v) is 18.2. The van der Waals surface area contributed by atoms with Crippen LogP contribution in [0, 0.1) is 15.9 Å². The van der Waals surface area contributed by atoms with E-state index in [0.29, 0.717) is 5.56 Å². The van der Waals surface area contributed by atoms with Crippen molar-refractivity contribution in [2.24, 2.45) is 0 Å². The van der Waals surface area contributed by atoms with Crippen LogP contribution in [0.2, 0.25) is 0 Å². The summed E-state index contributed by atoms with van der Waals surface area (Å²) in [6, 6.07) is 11.6. The van der Waals surface area contributed by atoms with Crippen molar-refractivity contribution in [1.29, 1.82) is 0 Å². The molecule has 172 valence electrons. The van der Waals surface area contributed by atoms with Crippen LogP contribution in [-0.4, -0.2) is 35.0 Å². The van der Waals surface area contributed by atoms with Gasteiger partial charge in [0.25, 0.3) is 5.69 Å². The average Bonchev–Trinajstić information content (AvgIpc) is 2.80. The Kier molecular flexibility index (Phi) is 7.55. The number of hydrogen-bond donors (Lipinski definition) is 0. The van der Waals surface area contributed by atoms with Gasteiger partial charge in [0.15, 0.2) is 0 Å². The first-order valence-electron chi connectivity index (χ1n) is 10.4. The minimum absolute atomic E-state index is 0.105. The van der Waals surface area contributed by atoms with Gasteiger partial charge in [-0.2, -0.15) is 0 Å². The first-order chi connectivity index (χ1) is 15.8. The summed E-state index contributed by atoms with van der Waals surface area (Å²) in [5, 5.41) is 11.3. The van der Waals surface area contributed by atoms with Crippen LogP contribution in [0.25, 0.3) is 0 Å². The molecule has 2 aromatic rings. The van der Waals surface area contributed by atoms with E-state index in [9.17, 15) is 24.1 Å². The molecule has 1 aliphatic heterocycles. The number of carbonyl (C=O) groups excluding carboxylic acids is 2. The lowest BCUT2D eigenvalue weighted by atomic mass is 9.83. The summed E-state index contributed by atoms with van der Waals surface area (Å²) in [7, 11) is 0. The lowest BCUT2D eigenvalue weighted by Crippen LogP contribution is -2.29. The van der Waals surface area contributed by atoms with Gasteiger partial charge in [-0.1, -0.05) is 24.3 Å². The summed E-state index contributed by atoms with van der Waals surface area (Å²) in [5.41, 5.74) is 1.20. The second-order valence-corrected chi connectivity index (χ2v) is 7.19. The second-order valence-electron chi connectivity index (χ2n) is 7.19. The Hall–Kier alpha value is -4.01. The monoisotopic (exact) mass is 454 g/mol. The molecule has 0 saturated carbocycles. The molecule has 0 amide bonds. The maximum atomic E-state index is 13.3. The highest BCUT2D eigenvalue weighted by Gasteiger charge is 2.36. The molecule has 3 rings (SSSR count). The van der Waals surface area contributed by atoms with Crippen LogP contribution < -0.4 is 0 Å². The molecule has 9 heteroatoms. The third-order valence-electron chi connectivity index (χ3n) is 4.95. The fourth-order valence-corrected chi connectivity index (χ4v) is 3.55. The summed E-state index contributed by atoms with van der Waals surface area (Å²) >= 11 is 0. The van der Waals surface area contributed by atoms with E-state index in [-0.39, 0.29) is 42.4 Å². The van der Waals surface area contributed by atoms with Gasteiger partial charge in [-0.3, -0.25) is 10.1 Å². The summed E-state index contributed by atoms with van der Waals surface area (Å²) in [4.78, 5) is 38.2. The van der Waals surface area contributed by atoms with Gasteiger partial charge < -0.3 is 14.4 Å². The molecule has 0 fully saturated rings. The normalized spacial score (nSPS) is 13.7. The summed E-state index contributed by atoms with van der Waals surface area (Å²) in [6.45, 7) is 3.76. The van der Waals surface area contributed by atoms with Crippen molar-refractivity contribution in [3.63, 3.8) is 0 Å². The van der Waals surface area contributed by atoms with Crippen LogP contribution in [0.15, 0.2) is 72.1 Å². The molecular weight excluding hydrogens is 431 g/mol. The van der Waals surface area contributed by atoms with Crippen molar-refractivity contribution in [3.05, 3.63) is 99.1 Å². The number of non-ortho nitro benzene ring substituents is 1. The van der Waals surface area contributed by atoms with E-state index < -0.39 is 22.8 Å². The van der Waals surface area contributed by atoms with Crippen molar-refractivity contribution in [2.75, 3.05) is 13.2 Å². The molecule has 0 saturated heterocycles. The van der Waals surface area contributed by atoms with Gasteiger partial charge in [0, 0.05) is 31.1 Å². The van der Waals surface area contributed by atoms with E-state index in [4.69, 9.17) is 9.47 Å². The molecule has 1 aliphatic rings. The fraction of sp³-hybridized carbons (Fsp3) is 0.250. The Morgan fingerprint density at radius 3 is 2.09 bits per heavy atom. The summed E-state index contributed by atoms with van der Waals surface area (Å²) in [5.74, 6) is -2.62. The lowest BCUT2D eigenvalue weighted by molar-refractivity contribution is -0.384. The van der Waals surface area contributed by atoms with Gasteiger partial charge in [0.05, 0.1) is 35.2 Å². The quantitative estimate of drug-likeness (QED) is 0.334. The Balaban J connectivity index is 2.11. The van der Waals surface area contributed by atoms with Crippen molar-refractivity contribution >= 4 is 17.6 Å². The maximum absolute atomic E-state index is 13.3. The molecule has 33 heavy (non-hydrogen) atoms. The number of rotatable bonds is 8. The number of hydrogen-bond acceptors (Lipinski definition) is 7. The molecular formula is C24H23FN2O6. The number of carbonyl (C=O) groups is 2. The van der Waals surface area contributed by atoms with Gasteiger partial charge in [-0.05, 0) is 37.1 Å². The molecule has 2 aromatic carbocycles. The van der Waals surface area contributed by atoms with Gasteiger partial charge in [0.1, 0.15) is 5.82 Å². The van der Waals surface area contributed by atoms with Crippen molar-refractivity contribution in [3.8, 4) is 0 Å². The molecule has 0 spiro atoms. The van der Waals surface area contributed by atoms with Crippen LogP contribution >= 0.6 is 0 Å². The standard InChI is InChI=1S/C24H23FN2O6/c1-3-32-23(28)20-14-26(13-16-8-10-18(25)11-9-16)15-21(24(29)33-4-2)22(20)17-6-5-7-19(12-17)27(30)31/h5-12,14-15,22H,3-4,13H2,1-2H3. The van der Waals surface area contributed by atoms with E-state index in [1.807, 2.05) is 0 Å². The predicted molar refractivity (Wildman–Crippen MR) is 117 cm³/mol. The van der Waals surface area contributed by atoms with Crippen LogP contribution in [0.1, 0.15) is 30.9 Å². The number of halogens is 1. The van der Waals surface area contributed by atoms with Crippen molar-refractivity contribution in [1.82, 2.24) is 4.90 Å². The predicted octanol–water partition coefficient (Wildman–Crippen LogP) is 4.23. The first kappa shape index (κ1) is 23.6. The van der Waals surface area contributed by atoms with E-state index in [0.717, 1.165) is 5.56 Å². The SMILES string of the molecule is CCOC(=O)C1=CN(Cc2ccc(F)cc2)C=C(C(=O)OCC)C1c1cccc([N+](=O)[O-])c1. The van der Waals surface area contributed by atoms with E-state index in [2.05, 4.69) is 0 Å². The molecule has 0 atom stereocenters. The maximum Gasteiger partial charge on any atom is 0.336 e. The zero-order valence-electron chi connectivity index (χ0n) is 18.2. The van der Waals surface area contributed by atoms with Crippen molar-refractivity contribution in [2.45, 2.75) is 26.3 Å². The number of nitrogens with zero attached hydrogens (tertiary/aromatic N) is 2. The minimum Gasteiger partial charge on any atom is -0.463 e. The highest BCUT2D eigenvalue weighted by molar-refractivity contribution is 5.98. The number of benzene rings is 2. The van der Waals surface area contributed by atoms with E-state index in [1.54, 1.807) is 36.9 Å². The molecule has 0 aromatic heterocycles. The Morgan fingerprint density at radius 1 is 1.00 bits per heavy atom. The molecule has 0 aliphatic carbocycles. The smallest absolute Gasteiger partial charge is 0.336 e. The number of nitro benzene ring substituents is 1. The van der Waals surface area contributed by atoms with E-state index >= 15 is 0 Å². The third kappa shape index (κ3) is 5.62. The lowest BCUT2D eigenvalue weighted by Gasteiger charge is -2.30. The molecule has 1 heterocycles. The van der Waals surface area contributed by atoms with Gasteiger partial charge >= 0.3 is 11.9 Å². The van der Waals surface area contributed by atoms with Gasteiger partial charge in [0.2, 0.25) is 0 Å². The largest absolute Gasteiger partial charge is 0.463 e. The Bertz CT molecular complexity index is 1070.